The summed E-state index contributed by atoms with van der Waals surface area (Å²) >= 11 is 0. The molecule has 67 valence electrons. The quantitative estimate of drug-likeness (QED) is 0.634. The second-order valence-corrected chi connectivity index (χ2v) is 4.03. The lowest BCUT2D eigenvalue weighted by atomic mass is 9.83. The summed E-state index contributed by atoms with van der Waals surface area (Å²) in [7, 11) is 0. The van der Waals surface area contributed by atoms with Crippen LogP contribution in [0.25, 0.3) is 0 Å². The largest absolute Gasteiger partial charge is 0.381 e. The summed E-state index contributed by atoms with van der Waals surface area (Å²) < 4.78 is 0. The van der Waals surface area contributed by atoms with Crippen LogP contribution in [0.5, 0.6) is 0 Å². The lowest BCUT2D eigenvalue weighted by Gasteiger charge is -2.24. The van der Waals surface area contributed by atoms with E-state index in [2.05, 4.69) is 36.0 Å². The molecule has 1 heteroatoms. The van der Waals surface area contributed by atoms with Crippen molar-refractivity contribution in [3.05, 3.63) is 36.2 Å². The fourth-order valence-electron chi connectivity index (χ4n) is 2.62. The van der Waals surface area contributed by atoms with Gasteiger partial charge < -0.3 is 5.32 Å². The van der Waals surface area contributed by atoms with Crippen molar-refractivity contribution in [3.8, 4) is 0 Å². The Bertz CT molecular complexity index is 319. The van der Waals surface area contributed by atoms with Gasteiger partial charge in [-0.3, -0.25) is 0 Å². The molecule has 0 bridgehead atoms. The van der Waals surface area contributed by atoms with E-state index in [9.17, 15) is 0 Å². The average Bonchev–Trinajstić information content (AvgIpc) is 2.56. The Morgan fingerprint density at radius 1 is 1.23 bits per heavy atom. The van der Waals surface area contributed by atoms with Crippen molar-refractivity contribution >= 4 is 5.69 Å². The number of fused-ring (bicyclic) bond motifs is 3. The molecule has 1 aromatic carbocycles. The van der Waals surface area contributed by atoms with Crippen molar-refractivity contribution in [2.45, 2.75) is 31.2 Å². The number of benzene rings is 1. The maximum absolute atomic E-state index is 3.58. The Morgan fingerprint density at radius 2 is 2.15 bits per heavy atom. The third-order valence-electron chi connectivity index (χ3n) is 3.26. The smallest absolute Gasteiger partial charge is 0.0378 e. The van der Waals surface area contributed by atoms with E-state index in [4.69, 9.17) is 0 Å². The molecule has 1 aromatic rings. The molecule has 0 aromatic heterocycles. The van der Waals surface area contributed by atoms with Gasteiger partial charge >= 0.3 is 0 Å². The number of rotatable bonds is 0. The Kier molecular flexibility index (Phi) is 1.58. The van der Waals surface area contributed by atoms with Crippen LogP contribution in [-0.2, 0) is 0 Å². The van der Waals surface area contributed by atoms with Gasteiger partial charge in [0.1, 0.15) is 0 Å². The molecule has 1 aliphatic heterocycles. The molecular formula is C12H14N. The monoisotopic (exact) mass is 172 g/mol. The minimum absolute atomic E-state index is 0.617. The molecule has 1 radical (unpaired) electrons. The first-order valence-electron chi connectivity index (χ1n) is 5.14. The molecular weight excluding hydrogens is 158 g/mol. The minimum atomic E-state index is 0.617. The SMILES string of the molecule is [CH]1CCCC2c3ccccc3NC12. The molecule has 2 aliphatic rings. The third kappa shape index (κ3) is 1.06. The highest BCUT2D eigenvalue weighted by Crippen LogP contribution is 2.42. The lowest BCUT2D eigenvalue weighted by Crippen LogP contribution is -2.24. The van der Waals surface area contributed by atoms with Crippen LogP contribution in [0.2, 0.25) is 0 Å². The van der Waals surface area contributed by atoms with Crippen molar-refractivity contribution in [1.82, 2.24) is 0 Å². The fourth-order valence-corrected chi connectivity index (χ4v) is 2.62. The van der Waals surface area contributed by atoms with Crippen molar-refractivity contribution in [2.24, 2.45) is 0 Å². The number of nitrogens with one attached hydrogen (secondary N) is 1. The van der Waals surface area contributed by atoms with E-state index in [-0.39, 0.29) is 0 Å². The summed E-state index contributed by atoms with van der Waals surface area (Å²) in [5.41, 5.74) is 2.89. The summed E-state index contributed by atoms with van der Waals surface area (Å²) in [5, 5.41) is 3.58. The van der Waals surface area contributed by atoms with Crippen LogP contribution < -0.4 is 5.32 Å². The second-order valence-electron chi connectivity index (χ2n) is 4.03. The predicted octanol–water partition coefficient (Wildman–Crippen LogP) is 2.95. The topological polar surface area (TPSA) is 12.0 Å². The number of hydrogen-bond donors (Lipinski definition) is 1. The van der Waals surface area contributed by atoms with Crippen molar-refractivity contribution in [3.63, 3.8) is 0 Å². The van der Waals surface area contributed by atoms with Gasteiger partial charge in [-0.2, -0.15) is 0 Å². The molecule has 1 nitrogen and oxygen atoms in total. The van der Waals surface area contributed by atoms with Gasteiger partial charge in [0, 0.05) is 17.6 Å². The van der Waals surface area contributed by atoms with Crippen LogP contribution in [0.1, 0.15) is 30.7 Å². The molecule has 0 amide bonds. The molecule has 2 unspecified atom stereocenters. The van der Waals surface area contributed by atoms with Gasteiger partial charge in [0.2, 0.25) is 0 Å². The van der Waals surface area contributed by atoms with Gasteiger partial charge in [0.25, 0.3) is 0 Å². The first kappa shape index (κ1) is 7.43. The van der Waals surface area contributed by atoms with Crippen molar-refractivity contribution in [1.29, 1.82) is 0 Å². The molecule has 1 heterocycles. The van der Waals surface area contributed by atoms with Crippen molar-refractivity contribution in [2.75, 3.05) is 5.32 Å². The maximum atomic E-state index is 3.58. The molecule has 0 spiro atoms. The lowest BCUT2D eigenvalue weighted by molar-refractivity contribution is 0.499. The van der Waals surface area contributed by atoms with Gasteiger partial charge in [-0.25, -0.2) is 0 Å². The predicted molar refractivity (Wildman–Crippen MR) is 54.7 cm³/mol. The van der Waals surface area contributed by atoms with Crippen LogP contribution >= 0.6 is 0 Å². The fraction of sp³-hybridized carbons (Fsp3) is 0.417. The van der Waals surface area contributed by atoms with E-state index in [1.54, 1.807) is 0 Å². The van der Waals surface area contributed by atoms with Crippen LogP contribution in [0, 0.1) is 6.42 Å². The molecule has 1 N–H and O–H groups in total. The third-order valence-corrected chi connectivity index (χ3v) is 3.26. The standard InChI is InChI=1S/C12H14N/c1-3-7-11-9(5-1)10-6-2-4-8-12(10)13-11/h1,3,5,7-8,10,12-13H,2,4,6H2. The van der Waals surface area contributed by atoms with E-state index in [1.165, 1.54) is 30.5 Å². The first-order chi connectivity index (χ1) is 6.45. The Hall–Kier alpha value is -0.980. The summed E-state index contributed by atoms with van der Waals surface area (Å²) in [6, 6.07) is 9.35. The summed E-state index contributed by atoms with van der Waals surface area (Å²) in [4.78, 5) is 0. The average molecular weight is 172 g/mol. The number of para-hydroxylation sites is 1. The van der Waals surface area contributed by atoms with E-state index in [0.29, 0.717) is 6.04 Å². The molecule has 3 rings (SSSR count). The van der Waals surface area contributed by atoms with E-state index >= 15 is 0 Å². The molecule has 0 saturated heterocycles. The maximum Gasteiger partial charge on any atom is 0.0378 e. The van der Waals surface area contributed by atoms with Gasteiger partial charge in [0.05, 0.1) is 0 Å². The summed E-state index contributed by atoms with van der Waals surface area (Å²) in [5.74, 6) is 0.755. The Labute approximate surface area is 79.2 Å². The van der Waals surface area contributed by atoms with Crippen LogP contribution in [0.4, 0.5) is 5.69 Å². The molecule has 2 atom stereocenters. The molecule has 1 saturated carbocycles. The zero-order valence-electron chi connectivity index (χ0n) is 7.66. The summed E-state index contributed by atoms with van der Waals surface area (Å²) in [6.45, 7) is 0. The molecule has 13 heavy (non-hydrogen) atoms. The van der Waals surface area contributed by atoms with E-state index in [1.807, 2.05) is 0 Å². The summed E-state index contributed by atoms with van der Waals surface area (Å²) in [6.07, 6.45) is 6.43. The minimum Gasteiger partial charge on any atom is -0.381 e. The Balaban J connectivity index is 2.01. The van der Waals surface area contributed by atoms with E-state index < -0.39 is 0 Å². The van der Waals surface area contributed by atoms with Crippen LogP contribution in [-0.4, -0.2) is 6.04 Å². The van der Waals surface area contributed by atoms with Gasteiger partial charge in [-0.15, -0.1) is 0 Å². The zero-order valence-corrected chi connectivity index (χ0v) is 7.66. The number of anilines is 1. The van der Waals surface area contributed by atoms with E-state index in [0.717, 1.165) is 5.92 Å². The molecule has 1 fully saturated rings. The first-order valence-corrected chi connectivity index (χ1v) is 5.14. The van der Waals surface area contributed by atoms with Crippen LogP contribution in [0.15, 0.2) is 24.3 Å². The highest BCUT2D eigenvalue weighted by Gasteiger charge is 2.33. The number of hydrogen-bond acceptors (Lipinski definition) is 1. The van der Waals surface area contributed by atoms with Gasteiger partial charge in [-0.1, -0.05) is 24.6 Å². The zero-order chi connectivity index (χ0) is 8.67. The van der Waals surface area contributed by atoms with Gasteiger partial charge in [-0.05, 0) is 30.9 Å². The molecule has 1 aliphatic carbocycles. The highest BCUT2D eigenvalue weighted by molar-refractivity contribution is 5.60. The van der Waals surface area contributed by atoms with Gasteiger partial charge in [0.15, 0.2) is 0 Å². The normalized spacial score (nSPS) is 30.5. The van der Waals surface area contributed by atoms with Crippen LogP contribution in [0.3, 0.4) is 0 Å². The van der Waals surface area contributed by atoms with Crippen molar-refractivity contribution < 1.29 is 0 Å². The highest BCUT2D eigenvalue weighted by atomic mass is 15.0. The Morgan fingerprint density at radius 3 is 3.15 bits per heavy atom. The second kappa shape index (κ2) is 2.76.